The molecule has 1 atom stereocenters. The predicted octanol–water partition coefficient (Wildman–Crippen LogP) is 10.5. The fraction of sp³-hybridized carbons (Fsp3) is 0.452. The first-order chi connectivity index (χ1) is 22.6. The van der Waals surface area contributed by atoms with Gasteiger partial charge in [0, 0.05) is 13.1 Å². The van der Waals surface area contributed by atoms with Crippen LogP contribution in [0.2, 0.25) is 0 Å². The van der Waals surface area contributed by atoms with E-state index >= 15 is 0 Å². The summed E-state index contributed by atoms with van der Waals surface area (Å²) in [6.45, 7) is 5.40. The number of rotatable bonds is 15. The van der Waals surface area contributed by atoms with Crippen LogP contribution in [0.25, 0.3) is 17.7 Å². The molecule has 46 heavy (non-hydrogen) atoms. The molecule has 242 valence electrons. The van der Waals surface area contributed by atoms with E-state index in [4.69, 9.17) is 9.47 Å². The summed E-state index contributed by atoms with van der Waals surface area (Å²) >= 11 is 0. The summed E-state index contributed by atoms with van der Waals surface area (Å²) in [5, 5.41) is 10.7. The van der Waals surface area contributed by atoms with Crippen molar-refractivity contribution < 1.29 is 9.47 Å². The third-order valence-electron chi connectivity index (χ3n) is 10.2. The van der Waals surface area contributed by atoms with Crippen LogP contribution >= 0.6 is 0 Å². The molecule has 1 saturated heterocycles. The van der Waals surface area contributed by atoms with E-state index < -0.39 is 5.41 Å². The SMILES string of the molecule is CCCCCCCCCC(C#N)(CCCN1CCC(=C2c3ccccc3C=Cc3ccccc32)CC1)c1ccc(OC)c(OC)c1. The van der Waals surface area contributed by atoms with Gasteiger partial charge in [-0.15, -0.1) is 0 Å². The number of fused-ring (bicyclic) bond motifs is 2. The Morgan fingerprint density at radius 1 is 0.717 bits per heavy atom. The van der Waals surface area contributed by atoms with Crippen LogP contribution in [0.4, 0.5) is 0 Å². The molecule has 1 aliphatic carbocycles. The summed E-state index contributed by atoms with van der Waals surface area (Å²) < 4.78 is 11.2. The number of nitrogens with zero attached hydrogens (tertiary/aromatic N) is 2. The predicted molar refractivity (Wildman–Crippen MR) is 192 cm³/mol. The third-order valence-corrected chi connectivity index (χ3v) is 10.2. The number of piperidine rings is 1. The number of benzene rings is 3. The van der Waals surface area contributed by atoms with Gasteiger partial charge in [0.1, 0.15) is 0 Å². The van der Waals surface area contributed by atoms with Gasteiger partial charge in [-0.3, -0.25) is 0 Å². The number of likely N-dealkylation sites (tertiary alicyclic amines) is 1. The van der Waals surface area contributed by atoms with Crippen LogP contribution < -0.4 is 9.47 Å². The zero-order valence-corrected chi connectivity index (χ0v) is 28.3. The second-order valence-electron chi connectivity index (χ2n) is 13.1. The Morgan fingerprint density at radius 2 is 1.30 bits per heavy atom. The van der Waals surface area contributed by atoms with E-state index in [1.807, 2.05) is 12.1 Å². The van der Waals surface area contributed by atoms with Gasteiger partial charge in [0.2, 0.25) is 0 Å². The maximum atomic E-state index is 10.7. The van der Waals surface area contributed by atoms with Gasteiger partial charge in [-0.1, -0.05) is 124 Å². The van der Waals surface area contributed by atoms with E-state index in [2.05, 4.69) is 84.6 Å². The van der Waals surface area contributed by atoms with Crippen molar-refractivity contribution in [2.75, 3.05) is 33.9 Å². The molecule has 4 heteroatoms. The van der Waals surface area contributed by atoms with Crippen LogP contribution in [0.5, 0.6) is 11.5 Å². The fourth-order valence-corrected chi connectivity index (χ4v) is 7.45. The van der Waals surface area contributed by atoms with E-state index in [1.165, 1.54) is 66.4 Å². The number of hydrogen-bond acceptors (Lipinski definition) is 4. The number of unbranched alkanes of at least 4 members (excludes halogenated alkanes) is 6. The van der Waals surface area contributed by atoms with Crippen molar-refractivity contribution in [1.82, 2.24) is 4.90 Å². The van der Waals surface area contributed by atoms with E-state index in [0.29, 0.717) is 11.5 Å². The Morgan fingerprint density at radius 3 is 1.91 bits per heavy atom. The van der Waals surface area contributed by atoms with E-state index in [1.54, 1.807) is 19.8 Å². The minimum Gasteiger partial charge on any atom is -0.493 e. The summed E-state index contributed by atoms with van der Waals surface area (Å²) in [4.78, 5) is 2.61. The number of nitriles is 1. The van der Waals surface area contributed by atoms with Gasteiger partial charge < -0.3 is 14.4 Å². The highest BCUT2D eigenvalue weighted by Crippen LogP contribution is 2.41. The normalized spacial score (nSPS) is 15.8. The van der Waals surface area contributed by atoms with Gasteiger partial charge in [-0.25, -0.2) is 0 Å². The first-order valence-corrected chi connectivity index (χ1v) is 17.6. The van der Waals surface area contributed by atoms with E-state index in [9.17, 15) is 5.26 Å². The molecule has 5 rings (SSSR count). The second-order valence-corrected chi connectivity index (χ2v) is 13.1. The lowest BCUT2D eigenvalue weighted by atomic mass is 9.74. The minimum atomic E-state index is -0.521. The van der Waals surface area contributed by atoms with E-state index in [-0.39, 0.29) is 0 Å². The smallest absolute Gasteiger partial charge is 0.161 e. The monoisotopic (exact) mass is 616 g/mol. The fourth-order valence-electron chi connectivity index (χ4n) is 7.45. The minimum absolute atomic E-state index is 0.521. The third kappa shape index (κ3) is 7.94. The van der Waals surface area contributed by atoms with Gasteiger partial charge >= 0.3 is 0 Å². The molecule has 0 saturated carbocycles. The zero-order chi connectivity index (χ0) is 32.2. The summed E-state index contributed by atoms with van der Waals surface area (Å²) in [6.07, 6.45) is 18.2. The van der Waals surface area contributed by atoms with Crippen molar-refractivity contribution in [2.45, 2.75) is 89.4 Å². The molecular weight excluding hydrogens is 564 g/mol. The summed E-state index contributed by atoms with van der Waals surface area (Å²) in [5.74, 6) is 1.41. The van der Waals surface area contributed by atoms with Crippen molar-refractivity contribution >= 4 is 17.7 Å². The molecule has 0 radical (unpaired) electrons. The Balaban J connectivity index is 1.26. The van der Waals surface area contributed by atoms with Crippen molar-refractivity contribution in [3.8, 4) is 17.6 Å². The topological polar surface area (TPSA) is 45.5 Å². The van der Waals surface area contributed by atoms with Crippen molar-refractivity contribution in [2.24, 2.45) is 0 Å². The van der Waals surface area contributed by atoms with Gasteiger partial charge in [0.15, 0.2) is 11.5 Å². The Kier molecular flexibility index (Phi) is 12.2. The molecule has 0 N–H and O–H groups in total. The van der Waals surface area contributed by atoms with Gasteiger partial charge in [0.05, 0.1) is 25.7 Å². The molecular formula is C42H52N2O2. The number of methoxy groups -OCH3 is 2. The summed E-state index contributed by atoms with van der Waals surface area (Å²) in [6, 6.07) is 26.6. The van der Waals surface area contributed by atoms with Crippen LogP contribution in [0.15, 0.2) is 72.3 Å². The highest BCUT2D eigenvalue weighted by molar-refractivity contribution is 5.94. The van der Waals surface area contributed by atoms with Crippen LogP contribution in [0.3, 0.4) is 0 Å². The molecule has 2 aliphatic rings. The molecule has 3 aromatic carbocycles. The molecule has 1 fully saturated rings. The largest absolute Gasteiger partial charge is 0.493 e. The van der Waals surface area contributed by atoms with Crippen LogP contribution in [0, 0.1) is 11.3 Å². The second kappa shape index (κ2) is 16.7. The zero-order valence-electron chi connectivity index (χ0n) is 28.3. The number of hydrogen-bond donors (Lipinski definition) is 0. The molecule has 0 spiro atoms. The maximum absolute atomic E-state index is 10.7. The first-order valence-electron chi connectivity index (χ1n) is 17.6. The molecule has 0 bridgehead atoms. The molecule has 4 nitrogen and oxygen atoms in total. The van der Waals surface area contributed by atoms with Crippen molar-refractivity contribution in [3.05, 3.63) is 100 Å². The molecule has 0 amide bonds. The summed E-state index contributed by atoms with van der Waals surface area (Å²) in [5.41, 5.74) is 8.84. The Labute approximate surface area is 277 Å². The number of ether oxygens (including phenoxy) is 2. The van der Waals surface area contributed by atoms with Crippen LogP contribution in [0.1, 0.15) is 112 Å². The van der Waals surface area contributed by atoms with E-state index in [0.717, 1.165) is 63.7 Å². The Bertz CT molecular complexity index is 1490. The van der Waals surface area contributed by atoms with Crippen molar-refractivity contribution in [3.63, 3.8) is 0 Å². The lowest BCUT2D eigenvalue weighted by Crippen LogP contribution is -2.33. The highest BCUT2D eigenvalue weighted by Gasteiger charge is 2.33. The van der Waals surface area contributed by atoms with Crippen LogP contribution in [-0.2, 0) is 5.41 Å². The first kappa shape index (κ1) is 33.6. The van der Waals surface area contributed by atoms with Crippen LogP contribution in [-0.4, -0.2) is 38.8 Å². The van der Waals surface area contributed by atoms with Crippen molar-refractivity contribution in [1.29, 1.82) is 5.26 Å². The highest BCUT2D eigenvalue weighted by atomic mass is 16.5. The standard InChI is InChI=1S/C42H52N2O2/c1-4-5-6-7-8-9-14-26-42(32-43,36-22-23-39(45-2)40(31-36)46-3)27-15-28-44-29-24-35(25-30-44)41-37-18-12-10-16-33(37)20-21-34-17-11-13-19-38(34)41/h10-13,16-23,31H,4-9,14-15,24-30H2,1-3H3. The molecule has 0 aromatic heterocycles. The molecule has 1 heterocycles. The average Bonchev–Trinajstić information content (AvgIpc) is 3.27. The van der Waals surface area contributed by atoms with Gasteiger partial charge in [-0.05, 0) is 84.2 Å². The molecule has 1 aliphatic heterocycles. The average molecular weight is 617 g/mol. The maximum Gasteiger partial charge on any atom is 0.161 e. The quantitative estimate of drug-likeness (QED) is 0.125. The lowest BCUT2D eigenvalue weighted by Gasteiger charge is -2.32. The lowest BCUT2D eigenvalue weighted by molar-refractivity contribution is 0.243. The van der Waals surface area contributed by atoms with Gasteiger partial charge in [0.25, 0.3) is 0 Å². The molecule has 1 unspecified atom stereocenters. The summed E-state index contributed by atoms with van der Waals surface area (Å²) in [7, 11) is 3.34. The Hall–Kier alpha value is -3.81. The van der Waals surface area contributed by atoms with Gasteiger partial charge in [-0.2, -0.15) is 5.26 Å². The molecule has 3 aromatic rings.